The third-order valence-electron chi connectivity index (χ3n) is 5.64. The van der Waals surface area contributed by atoms with Crippen LogP contribution in [0.2, 0.25) is 15.5 Å². The van der Waals surface area contributed by atoms with Gasteiger partial charge in [0, 0.05) is 36.6 Å². The van der Waals surface area contributed by atoms with E-state index in [4.69, 9.17) is 44.3 Å². The van der Waals surface area contributed by atoms with Crippen LogP contribution >= 0.6 is 34.8 Å². The first kappa shape index (κ1) is 26.5. The highest BCUT2D eigenvalue weighted by molar-refractivity contribution is 6.35. The molecule has 0 spiro atoms. The standard InChI is InChI=1S/C25H27Cl3N4O4/c1-25(2,3)36-24(34)32-12-10-31(11-13-32)22-20(21(27)29-23(28)30-22)35-14-18(33)16-8-4-6-15-7-5-9-17(26)19(15)16/h4-9,18,33H,10-14H2,1-3H3. The molecule has 36 heavy (non-hydrogen) atoms. The van der Waals surface area contributed by atoms with E-state index in [9.17, 15) is 9.90 Å². The quantitative estimate of drug-likeness (QED) is 0.317. The number of carbonyl (C=O) groups is 1. The number of ether oxygens (including phenoxy) is 2. The second-order valence-electron chi connectivity index (χ2n) is 9.40. The van der Waals surface area contributed by atoms with E-state index in [-0.39, 0.29) is 28.9 Å². The van der Waals surface area contributed by atoms with Gasteiger partial charge in [0.25, 0.3) is 0 Å². The van der Waals surface area contributed by atoms with E-state index in [1.165, 1.54) is 0 Å². The minimum atomic E-state index is -0.989. The SMILES string of the molecule is CC(C)(C)OC(=O)N1CCN(c2nc(Cl)nc(Cl)c2OCC(O)c2cccc3cccc(Cl)c23)CC1. The summed E-state index contributed by atoms with van der Waals surface area (Å²) in [6.07, 6.45) is -1.36. The molecule has 2 heterocycles. The first-order valence-corrected chi connectivity index (χ1v) is 12.6. The van der Waals surface area contributed by atoms with Gasteiger partial charge in [0.2, 0.25) is 5.28 Å². The third kappa shape index (κ3) is 6.06. The number of anilines is 1. The van der Waals surface area contributed by atoms with Crippen LogP contribution in [0.15, 0.2) is 36.4 Å². The number of nitrogens with zero attached hydrogens (tertiary/aromatic N) is 4. The summed E-state index contributed by atoms with van der Waals surface area (Å²) in [7, 11) is 0. The van der Waals surface area contributed by atoms with Crippen LogP contribution in [0.3, 0.4) is 0 Å². The normalized spacial score (nSPS) is 15.2. The maximum absolute atomic E-state index is 12.4. The Kier molecular flexibility index (Phi) is 7.99. The number of rotatable bonds is 5. The zero-order valence-electron chi connectivity index (χ0n) is 20.2. The summed E-state index contributed by atoms with van der Waals surface area (Å²) in [5.41, 5.74) is 0.0644. The Morgan fingerprint density at radius 2 is 1.72 bits per heavy atom. The van der Waals surface area contributed by atoms with Gasteiger partial charge in [0.15, 0.2) is 16.7 Å². The van der Waals surface area contributed by atoms with Crippen molar-refractivity contribution in [1.82, 2.24) is 14.9 Å². The minimum absolute atomic E-state index is 0.0293. The van der Waals surface area contributed by atoms with E-state index in [1.54, 1.807) is 17.0 Å². The summed E-state index contributed by atoms with van der Waals surface area (Å²) in [6, 6.07) is 11.1. The number of carbonyl (C=O) groups excluding carboxylic acids is 1. The molecule has 1 atom stereocenters. The highest BCUT2D eigenvalue weighted by Crippen LogP contribution is 2.36. The zero-order valence-corrected chi connectivity index (χ0v) is 22.4. The number of hydrogen-bond acceptors (Lipinski definition) is 7. The summed E-state index contributed by atoms with van der Waals surface area (Å²) >= 11 is 18.9. The van der Waals surface area contributed by atoms with Gasteiger partial charge in [-0.1, -0.05) is 53.5 Å². The van der Waals surface area contributed by atoms with Crippen LogP contribution in [0, 0.1) is 0 Å². The number of amides is 1. The Labute approximate surface area is 224 Å². The van der Waals surface area contributed by atoms with E-state index >= 15 is 0 Å². The lowest BCUT2D eigenvalue weighted by Gasteiger charge is -2.36. The first-order chi connectivity index (χ1) is 17.0. The molecule has 3 aromatic rings. The van der Waals surface area contributed by atoms with E-state index in [2.05, 4.69) is 9.97 Å². The molecule has 0 saturated carbocycles. The molecule has 2 aromatic carbocycles. The van der Waals surface area contributed by atoms with Gasteiger partial charge >= 0.3 is 6.09 Å². The molecular formula is C25H27Cl3N4O4. The molecule has 11 heteroatoms. The Morgan fingerprint density at radius 3 is 2.39 bits per heavy atom. The van der Waals surface area contributed by atoms with Gasteiger partial charge in [-0.25, -0.2) is 9.78 Å². The zero-order chi connectivity index (χ0) is 26.0. The highest BCUT2D eigenvalue weighted by Gasteiger charge is 2.29. The minimum Gasteiger partial charge on any atom is -0.484 e. The largest absolute Gasteiger partial charge is 0.484 e. The lowest BCUT2D eigenvalue weighted by atomic mass is 10.0. The van der Waals surface area contributed by atoms with Crippen LogP contribution in [0.25, 0.3) is 10.8 Å². The number of aromatic nitrogens is 2. The summed E-state index contributed by atoms with van der Waals surface area (Å²) in [6.45, 7) is 7.14. The molecule has 1 amide bonds. The molecule has 1 saturated heterocycles. The van der Waals surface area contributed by atoms with E-state index in [1.807, 2.05) is 49.9 Å². The summed E-state index contributed by atoms with van der Waals surface area (Å²) in [5.74, 6) is 0.601. The average Bonchev–Trinajstić information content (AvgIpc) is 2.82. The molecule has 1 aliphatic rings. The van der Waals surface area contributed by atoms with Crippen LogP contribution in [0.5, 0.6) is 5.75 Å². The van der Waals surface area contributed by atoms with Crippen molar-refractivity contribution in [2.24, 2.45) is 0 Å². The Morgan fingerprint density at radius 1 is 1.06 bits per heavy atom. The van der Waals surface area contributed by atoms with Crippen molar-refractivity contribution >= 4 is 57.5 Å². The fraction of sp³-hybridized carbons (Fsp3) is 0.400. The summed E-state index contributed by atoms with van der Waals surface area (Å²) in [4.78, 5) is 24.3. The molecule has 0 aliphatic carbocycles. The number of hydrogen-bond donors (Lipinski definition) is 1. The predicted octanol–water partition coefficient (Wildman–Crippen LogP) is 5.76. The molecule has 1 unspecified atom stereocenters. The van der Waals surface area contributed by atoms with Gasteiger partial charge in [0.05, 0.1) is 0 Å². The molecule has 1 aliphatic heterocycles. The van der Waals surface area contributed by atoms with Crippen molar-refractivity contribution in [3.05, 3.63) is 57.4 Å². The molecule has 4 rings (SSSR count). The van der Waals surface area contributed by atoms with Crippen molar-refractivity contribution < 1.29 is 19.4 Å². The van der Waals surface area contributed by atoms with E-state index in [0.29, 0.717) is 42.6 Å². The van der Waals surface area contributed by atoms with Crippen LogP contribution < -0.4 is 9.64 Å². The first-order valence-electron chi connectivity index (χ1n) is 11.5. The van der Waals surface area contributed by atoms with Crippen molar-refractivity contribution in [2.45, 2.75) is 32.5 Å². The third-order valence-corrected chi connectivity index (χ3v) is 6.38. The maximum atomic E-state index is 12.4. The number of fused-ring (bicyclic) bond motifs is 1. The maximum Gasteiger partial charge on any atom is 0.410 e. The Bertz CT molecular complexity index is 1250. The highest BCUT2D eigenvalue weighted by atomic mass is 35.5. The van der Waals surface area contributed by atoms with Crippen LogP contribution in [-0.2, 0) is 4.74 Å². The summed E-state index contributed by atoms with van der Waals surface area (Å²) < 4.78 is 11.4. The van der Waals surface area contributed by atoms with Crippen molar-refractivity contribution in [3.63, 3.8) is 0 Å². The Hall–Kier alpha value is -2.52. The number of piperazine rings is 1. The van der Waals surface area contributed by atoms with Crippen molar-refractivity contribution in [1.29, 1.82) is 0 Å². The van der Waals surface area contributed by atoms with E-state index < -0.39 is 11.7 Å². The number of aliphatic hydroxyl groups excluding tert-OH is 1. The van der Waals surface area contributed by atoms with Gasteiger partial charge in [-0.05, 0) is 49.4 Å². The van der Waals surface area contributed by atoms with Gasteiger partial charge in [0.1, 0.15) is 18.3 Å². The number of benzene rings is 2. The lowest BCUT2D eigenvalue weighted by Crippen LogP contribution is -2.50. The van der Waals surface area contributed by atoms with Crippen LogP contribution in [0.4, 0.5) is 10.6 Å². The molecule has 0 bridgehead atoms. The van der Waals surface area contributed by atoms with Crippen LogP contribution in [0.1, 0.15) is 32.4 Å². The van der Waals surface area contributed by atoms with Crippen LogP contribution in [-0.4, -0.2) is 64.5 Å². The van der Waals surface area contributed by atoms with Crippen molar-refractivity contribution in [3.8, 4) is 5.75 Å². The lowest BCUT2D eigenvalue weighted by molar-refractivity contribution is 0.0240. The monoisotopic (exact) mass is 552 g/mol. The predicted molar refractivity (Wildman–Crippen MR) is 141 cm³/mol. The van der Waals surface area contributed by atoms with Gasteiger partial charge < -0.3 is 24.4 Å². The molecule has 1 N–H and O–H groups in total. The molecule has 0 radical (unpaired) electrons. The number of aliphatic hydroxyl groups is 1. The molecule has 1 aromatic heterocycles. The van der Waals surface area contributed by atoms with Gasteiger partial charge in [-0.2, -0.15) is 4.98 Å². The fourth-order valence-electron chi connectivity index (χ4n) is 4.01. The summed E-state index contributed by atoms with van der Waals surface area (Å²) in [5, 5.41) is 13.2. The van der Waals surface area contributed by atoms with Gasteiger partial charge in [-0.15, -0.1) is 0 Å². The van der Waals surface area contributed by atoms with Gasteiger partial charge in [-0.3, -0.25) is 0 Å². The molecule has 192 valence electrons. The second-order valence-corrected chi connectivity index (χ2v) is 10.5. The Balaban J connectivity index is 1.51. The molecule has 8 nitrogen and oxygen atoms in total. The smallest absolute Gasteiger partial charge is 0.410 e. The molecular weight excluding hydrogens is 527 g/mol. The van der Waals surface area contributed by atoms with Crippen molar-refractivity contribution in [2.75, 3.05) is 37.7 Å². The topological polar surface area (TPSA) is 88.0 Å². The van der Waals surface area contributed by atoms with E-state index in [0.717, 1.165) is 10.8 Å². The fourth-order valence-corrected chi connectivity index (χ4v) is 4.72. The second kappa shape index (κ2) is 10.8. The average molecular weight is 554 g/mol. The molecule has 1 fully saturated rings. The number of halogens is 3.